The minimum absolute atomic E-state index is 0.0540. The van der Waals surface area contributed by atoms with E-state index >= 15 is 0 Å². The molecule has 0 amide bonds. The van der Waals surface area contributed by atoms with Gasteiger partial charge in [-0.2, -0.15) is 0 Å². The molecule has 25 heavy (non-hydrogen) atoms. The third-order valence-electron chi connectivity index (χ3n) is 7.49. The summed E-state index contributed by atoms with van der Waals surface area (Å²) in [6.45, 7) is 4.66. The molecule has 138 valence electrons. The van der Waals surface area contributed by atoms with Gasteiger partial charge in [0.15, 0.2) is 0 Å². The van der Waals surface area contributed by atoms with Crippen molar-refractivity contribution < 1.29 is 0 Å². The number of benzene rings is 1. The average molecular weight is 357 g/mol. The Morgan fingerprint density at radius 3 is 1.68 bits per heavy atom. The first-order valence-electron chi connectivity index (χ1n) is 11.1. The van der Waals surface area contributed by atoms with Gasteiger partial charge in [0, 0.05) is 0 Å². The van der Waals surface area contributed by atoms with Crippen molar-refractivity contribution in [2.24, 2.45) is 11.8 Å². The van der Waals surface area contributed by atoms with Crippen molar-refractivity contribution in [2.75, 3.05) is 0 Å². The molecule has 1 aromatic rings. The lowest BCUT2D eigenvalue weighted by Gasteiger charge is -2.38. The molecule has 0 bridgehead atoms. The van der Waals surface area contributed by atoms with Crippen LogP contribution < -0.4 is 5.30 Å². The van der Waals surface area contributed by atoms with E-state index in [0.29, 0.717) is 0 Å². The molecule has 3 fully saturated rings. The number of hydrogen-bond donors (Lipinski definition) is 0. The van der Waals surface area contributed by atoms with Crippen molar-refractivity contribution >= 4 is 13.2 Å². The monoisotopic (exact) mass is 356 g/mol. The van der Waals surface area contributed by atoms with Crippen LogP contribution in [0.2, 0.25) is 0 Å². The largest absolute Gasteiger partial charge is 0.0681 e. The summed E-state index contributed by atoms with van der Waals surface area (Å²) in [5.74, 6) is 2.10. The highest BCUT2D eigenvalue weighted by Crippen LogP contribution is 2.62. The first kappa shape index (κ1) is 18.0. The highest BCUT2D eigenvalue weighted by Gasteiger charge is 2.44. The van der Waals surface area contributed by atoms with E-state index in [1.165, 1.54) is 69.8 Å². The summed E-state index contributed by atoms with van der Waals surface area (Å²) in [5, 5.41) is 1.80. The van der Waals surface area contributed by atoms with E-state index in [1.54, 1.807) is 23.7 Å². The second-order valence-electron chi connectivity index (χ2n) is 9.21. The summed E-state index contributed by atoms with van der Waals surface area (Å²) in [6.07, 6.45) is 18.2. The number of rotatable bonds is 3. The van der Waals surface area contributed by atoms with Crippen molar-refractivity contribution in [3.63, 3.8) is 0 Å². The van der Waals surface area contributed by atoms with Gasteiger partial charge in [-0.15, -0.1) is 0 Å². The second-order valence-corrected chi connectivity index (χ2v) is 11.8. The summed E-state index contributed by atoms with van der Waals surface area (Å²) in [5.41, 5.74) is 5.14. The molecule has 1 heteroatoms. The van der Waals surface area contributed by atoms with E-state index in [-0.39, 0.29) is 7.92 Å². The van der Waals surface area contributed by atoms with Gasteiger partial charge in [0.25, 0.3) is 0 Å². The van der Waals surface area contributed by atoms with Gasteiger partial charge in [-0.3, -0.25) is 0 Å². The summed E-state index contributed by atoms with van der Waals surface area (Å²) in [4.78, 5) is 0. The Bertz CT molecular complexity index is 539. The molecule has 2 aliphatic carbocycles. The highest BCUT2D eigenvalue weighted by molar-refractivity contribution is 7.67. The number of aryl methyl sites for hydroxylation is 2. The van der Waals surface area contributed by atoms with Crippen molar-refractivity contribution in [2.45, 2.75) is 102 Å². The Kier molecular flexibility index (Phi) is 5.86. The van der Waals surface area contributed by atoms with Crippen LogP contribution >= 0.6 is 7.92 Å². The fourth-order valence-corrected chi connectivity index (χ4v) is 10.6. The maximum Gasteiger partial charge on any atom is -0.0138 e. The molecule has 1 aliphatic heterocycles. The Balaban J connectivity index is 1.64. The Hall–Kier alpha value is -0.350. The minimum Gasteiger partial charge on any atom is -0.0681 e. The van der Waals surface area contributed by atoms with E-state index in [4.69, 9.17) is 0 Å². The van der Waals surface area contributed by atoms with Crippen molar-refractivity contribution in [3.8, 4) is 0 Å². The predicted octanol–water partition coefficient (Wildman–Crippen LogP) is 7.10. The topological polar surface area (TPSA) is 0 Å². The first-order valence-corrected chi connectivity index (χ1v) is 12.6. The maximum absolute atomic E-state index is 2.55. The Morgan fingerprint density at radius 1 is 0.680 bits per heavy atom. The average Bonchev–Trinajstić information content (AvgIpc) is 3.08. The van der Waals surface area contributed by atoms with Crippen LogP contribution in [0.4, 0.5) is 0 Å². The fourth-order valence-electron chi connectivity index (χ4n) is 6.28. The van der Waals surface area contributed by atoms with Crippen LogP contribution in [-0.4, -0.2) is 11.3 Å². The fraction of sp³-hybridized carbons (Fsp3) is 0.750. The van der Waals surface area contributed by atoms with Crippen LogP contribution in [0.15, 0.2) is 18.2 Å². The normalized spacial score (nSPS) is 32.2. The van der Waals surface area contributed by atoms with Gasteiger partial charge >= 0.3 is 0 Å². The minimum atomic E-state index is 0.0540. The molecule has 0 spiro atoms. The summed E-state index contributed by atoms with van der Waals surface area (Å²) < 4.78 is 0. The van der Waals surface area contributed by atoms with Crippen LogP contribution in [0.25, 0.3) is 0 Å². The molecule has 0 nitrogen and oxygen atoms in total. The highest BCUT2D eigenvalue weighted by atomic mass is 31.1. The third-order valence-corrected chi connectivity index (χ3v) is 11.3. The molecule has 4 rings (SSSR count). The van der Waals surface area contributed by atoms with Gasteiger partial charge < -0.3 is 0 Å². The third kappa shape index (κ3) is 3.85. The first-order chi connectivity index (χ1) is 12.2. The van der Waals surface area contributed by atoms with Crippen LogP contribution in [0.5, 0.6) is 0 Å². The lowest BCUT2D eigenvalue weighted by molar-refractivity contribution is 0.332. The van der Waals surface area contributed by atoms with Crippen LogP contribution in [0.1, 0.15) is 88.2 Å². The molecular formula is C24H37P. The zero-order valence-corrected chi connectivity index (χ0v) is 17.4. The lowest BCUT2D eigenvalue weighted by atomic mass is 9.83. The maximum atomic E-state index is 2.55. The van der Waals surface area contributed by atoms with Crippen molar-refractivity contribution in [1.82, 2.24) is 0 Å². The van der Waals surface area contributed by atoms with E-state index < -0.39 is 0 Å². The molecule has 0 N–H and O–H groups in total. The van der Waals surface area contributed by atoms with Gasteiger partial charge in [-0.05, 0) is 86.4 Å². The van der Waals surface area contributed by atoms with E-state index in [1.807, 2.05) is 0 Å². The zero-order chi connectivity index (χ0) is 17.2. The molecule has 0 radical (unpaired) electrons. The van der Waals surface area contributed by atoms with Gasteiger partial charge in [-0.25, -0.2) is 0 Å². The molecule has 3 aliphatic rings. The van der Waals surface area contributed by atoms with Gasteiger partial charge in [-0.1, -0.05) is 70.2 Å². The quantitative estimate of drug-likeness (QED) is 0.507. The summed E-state index contributed by atoms with van der Waals surface area (Å²) in [6, 6.07) is 7.41. The standard InChI is InChI=1S/C24H37P/c1-18-13-14-22(19(2)17-18)25-23(20-9-5-3-6-10-20)15-16-24(25)21-11-7-4-8-12-21/h13-14,17,20-21,23-24H,3-12,15-16H2,1-2H3. The van der Waals surface area contributed by atoms with E-state index in [9.17, 15) is 0 Å². The molecule has 1 aromatic carbocycles. The summed E-state index contributed by atoms with van der Waals surface area (Å²) >= 11 is 0. The van der Waals surface area contributed by atoms with Crippen LogP contribution in [0, 0.1) is 25.7 Å². The molecule has 1 saturated heterocycles. The van der Waals surface area contributed by atoms with Crippen molar-refractivity contribution in [3.05, 3.63) is 29.3 Å². The molecule has 2 unspecified atom stereocenters. The lowest BCUT2D eigenvalue weighted by Crippen LogP contribution is -2.28. The van der Waals surface area contributed by atoms with E-state index in [2.05, 4.69) is 32.0 Å². The smallest absolute Gasteiger partial charge is 0.0138 e. The second kappa shape index (κ2) is 8.12. The molecular weight excluding hydrogens is 319 g/mol. The van der Waals surface area contributed by atoms with Crippen LogP contribution in [0.3, 0.4) is 0 Å². The molecule has 2 saturated carbocycles. The molecule has 2 atom stereocenters. The SMILES string of the molecule is Cc1ccc(P2C(C3CCCCC3)CCC2C2CCCCC2)c(C)c1. The Morgan fingerprint density at radius 2 is 1.20 bits per heavy atom. The van der Waals surface area contributed by atoms with Crippen LogP contribution in [-0.2, 0) is 0 Å². The van der Waals surface area contributed by atoms with Gasteiger partial charge in [0.1, 0.15) is 0 Å². The van der Waals surface area contributed by atoms with E-state index in [0.717, 1.165) is 23.2 Å². The zero-order valence-electron chi connectivity index (χ0n) is 16.5. The number of hydrogen-bond acceptors (Lipinski definition) is 0. The summed E-state index contributed by atoms with van der Waals surface area (Å²) in [7, 11) is 0.0540. The molecule has 1 heterocycles. The van der Waals surface area contributed by atoms with Gasteiger partial charge in [0.05, 0.1) is 0 Å². The predicted molar refractivity (Wildman–Crippen MR) is 112 cm³/mol. The Labute approximate surface area is 156 Å². The molecule has 0 aromatic heterocycles. The van der Waals surface area contributed by atoms with Crippen molar-refractivity contribution in [1.29, 1.82) is 0 Å². The van der Waals surface area contributed by atoms with Gasteiger partial charge in [0.2, 0.25) is 0 Å².